The first kappa shape index (κ1) is 13.0. The van der Waals surface area contributed by atoms with Gasteiger partial charge in [-0.05, 0) is 24.7 Å². The Morgan fingerprint density at radius 3 is 2.38 bits per heavy atom. The number of anilines is 1. The van der Waals surface area contributed by atoms with Crippen LogP contribution >= 0.6 is 0 Å². The first-order chi connectivity index (χ1) is 7.57. The first-order valence-corrected chi connectivity index (χ1v) is 6.57. The van der Waals surface area contributed by atoms with Crippen molar-refractivity contribution >= 4 is 15.7 Å². The lowest BCUT2D eigenvalue weighted by atomic mass is 10.2. The fourth-order valence-electron chi connectivity index (χ4n) is 1.15. The molecule has 1 aromatic carbocycles. The Kier molecular flexibility index (Phi) is 4.72. The van der Waals surface area contributed by atoms with Gasteiger partial charge in [0.15, 0.2) is 0 Å². The van der Waals surface area contributed by atoms with E-state index in [4.69, 9.17) is 5.11 Å². The number of hydrogen-bond donors (Lipinski definition) is 3. The van der Waals surface area contributed by atoms with Gasteiger partial charge in [-0.2, -0.15) is 0 Å². The molecule has 0 bridgehead atoms. The van der Waals surface area contributed by atoms with E-state index in [1.54, 1.807) is 31.3 Å². The van der Waals surface area contributed by atoms with Crippen LogP contribution in [0, 0.1) is 0 Å². The van der Waals surface area contributed by atoms with Crippen LogP contribution in [0.1, 0.15) is 5.56 Å². The zero-order chi connectivity index (χ0) is 12.0. The SMILES string of the molecule is CNCCS(=O)(=O)Nc1ccc(CO)cc1. The predicted octanol–water partition coefficient (Wildman–Crippen LogP) is 0.140. The van der Waals surface area contributed by atoms with Crippen molar-refractivity contribution < 1.29 is 13.5 Å². The molecule has 0 amide bonds. The van der Waals surface area contributed by atoms with Crippen LogP contribution in [0.3, 0.4) is 0 Å². The van der Waals surface area contributed by atoms with Gasteiger partial charge in [-0.15, -0.1) is 0 Å². The molecular formula is C10H16N2O3S. The molecule has 0 saturated carbocycles. The van der Waals surface area contributed by atoms with Gasteiger partial charge in [0.1, 0.15) is 0 Å². The fraction of sp³-hybridized carbons (Fsp3) is 0.400. The number of nitrogens with one attached hydrogen (secondary N) is 2. The number of aliphatic hydroxyl groups is 1. The zero-order valence-electron chi connectivity index (χ0n) is 9.10. The Morgan fingerprint density at radius 2 is 1.88 bits per heavy atom. The number of aliphatic hydroxyl groups excluding tert-OH is 1. The number of benzene rings is 1. The third-order valence-corrected chi connectivity index (χ3v) is 3.32. The highest BCUT2D eigenvalue weighted by molar-refractivity contribution is 7.92. The van der Waals surface area contributed by atoms with Crippen molar-refractivity contribution in [3.63, 3.8) is 0 Å². The van der Waals surface area contributed by atoms with Crippen molar-refractivity contribution in [1.82, 2.24) is 5.32 Å². The summed E-state index contributed by atoms with van der Waals surface area (Å²) >= 11 is 0. The lowest BCUT2D eigenvalue weighted by molar-refractivity contribution is 0.282. The third-order valence-electron chi connectivity index (χ3n) is 2.03. The van der Waals surface area contributed by atoms with Gasteiger partial charge in [0.2, 0.25) is 10.0 Å². The maximum atomic E-state index is 11.5. The molecule has 0 aliphatic carbocycles. The molecule has 0 spiro atoms. The number of sulfonamides is 1. The summed E-state index contributed by atoms with van der Waals surface area (Å²) in [6, 6.07) is 6.61. The Hall–Kier alpha value is -1.11. The van der Waals surface area contributed by atoms with Crippen molar-refractivity contribution in [2.24, 2.45) is 0 Å². The summed E-state index contributed by atoms with van der Waals surface area (Å²) in [5.74, 6) is 0.0330. The summed E-state index contributed by atoms with van der Waals surface area (Å²) in [7, 11) is -1.59. The van der Waals surface area contributed by atoms with E-state index >= 15 is 0 Å². The van der Waals surface area contributed by atoms with Gasteiger partial charge in [-0.25, -0.2) is 8.42 Å². The predicted molar refractivity (Wildman–Crippen MR) is 63.7 cm³/mol. The second-order valence-corrected chi connectivity index (χ2v) is 5.22. The van der Waals surface area contributed by atoms with Crippen LogP contribution < -0.4 is 10.0 Å². The van der Waals surface area contributed by atoms with Crippen LogP contribution in [-0.4, -0.2) is 32.9 Å². The quantitative estimate of drug-likeness (QED) is 0.665. The Balaban J connectivity index is 2.65. The van der Waals surface area contributed by atoms with Gasteiger partial charge in [0.05, 0.1) is 12.4 Å². The van der Waals surface area contributed by atoms with Gasteiger partial charge in [-0.1, -0.05) is 12.1 Å². The molecule has 90 valence electrons. The molecule has 0 aliphatic rings. The fourth-order valence-corrected chi connectivity index (χ4v) is 2.22. The van der Waals surface area contributed by atoms with Crippen LogP contribution in [0.15, 0.2) is 24.3 Å². The average Bonchev–Trinajstić information content (AvgIpc) is 2.27. The lowest BCUT2D eigenvalue weighted by Crippen LogP contribution is -2.24. The summed E-state index contributed by atoms with van der Waals surface area (Å²) in [5, 5.41) is 11.6. The molecule has 0 fully saturated rings. The van der Waals surface area contributed by atoms with Gasteiger partial charge in [0.25, 0.3) is 0 Å². The minimum absolute atomic E-state index is 0.0330. The molecule has 6 heteroatoms. The lowest BCUT2D eigenvalue weighted by Gasteiger charge is -2.07. The minimum atomic E-state index is -3.29. The molecule has 0 aromatic heterocycles. The van der Waals surface area contributed by atoms with E-state index in [-0.39, 0.29) is 12.4 Å². The highest BCUT2D eigenvalue weighted by atomic mass is 32.2. The Bertz CT molecular complexity index is 414. The van der Waals surface area contributed by atoms with Crippen molar-refractivity contribution in [2.75, 3.05) is 24.1 Å². The highest BCUT2D eigenvalue weighted by Crippen LogP contribution is 2.11. The molecule has 0 unspecified atom stereocenters. The van der Waals surface area contributed by atoms with E-state index in [9.17, 15) is 8.42 Å². The van der Waals surface area contributed by atoms with Crippen LogP contribution in [0.25, 0.3) is 0 Å². The molecule has 0 radical (unpaired) electrons. The molecule has 16 heavy (non-hydrogen) atoms. The van der Waals surface area contributed by atoms with Crippen LogP contribution in [0.5, 0.6) is 0 Å². The summed E-state index contributed by atoms with van der Waals surface area (Å²) in [4.78, 5) is 0. The molecule has 1 rings (SSSR count). The Labute approximate surface area is 95.5 Å². The van der Waals surface area contributed by atoms with Crippen LogP contribution in [0.4, 0.5) is 5.69 Å². The highest BCUT2D eigenvalue weighted by Gasteiger charge is 2.08. The summed E-state index contributed by atoms with van der Waals surface area (Å²) < 4.78 is 25.5. The zero-order valence-corrected chi connectivity index (χ0v) is 9.92. The van der Waals surface area contributed by atoms with Gasteiger partial charge < -0.3 is 10.4 Å². The standard InChI is InChI=1S/C10H16N2O3S/c1-11-6-7-16(14,15)12-10-4-2-9(8-13)3-5-10/h2-5,11-13H,6-8H2,1H3. The number of rotatable bonds is 6. The molecular weight excluding hydrogens is 228 g/mol. The second kappa shape index (κ2) is 5.83. The van der Waals surface area contributed by atoms with Gasteiger partial charge in [0, 0.05) is 12.2 Å². The molecule has 0 heterocycles. The van der Waals surface area contributed by atoms with Crippen molar-refractivity contribution in [3.8, 4) is 0 Å². The van der Waals surface area contributed by atoms with Gasteiger partial charge in [-0.3, -0.25) is 4.72 Å². The van der Waals surface area contributed by atoms with E-state index < -0.39 is 10.0 Å². The van der Waals surface area contributed by atoms with Crippen molar-refractivity contribution in [2.45, 2.75) is 6.61 Å². The molecule has 0 saturated heterocycles. The molecule has 0 aliphatic heterocycles. The summed E-state index contributed by atoms with van der Waals surface area (Å²) in [5.41, 5.74) is 1.26. The van der Waals surface area contributed by atoms with E-state index in [0.717, 1.165) is 5.56 Å². The Morgan fingerprint density at radius 1 is 1.25 bits per heavy atom. The molecule has 0 atom stereocenters. The normalized spacial score (nSPS) is 11.4. The number of hydrogen-bond acceptors (Lipinski definition) is 4. The first-order valence-electron chi connectivity index (χ1n) is 4.92. The maximum Gasteiger partial charge on any atom is 0.233 e. The van der Waals surface area contributed by atoms with Gasteiger partial charge >= 0.3 is 0 Å². The van der Waals surface area contributed by atoms with Crippen LogP contribution in [0.2, 0.25) is 0 Å². The smallest absolute Gasteiger partial charge is 0.233 e. The summed E-state index contributed by atoms with van der Waals surface area (Å²) in [6.07, 6.45) is 0. The maximum absolute atomic E-state index is 11.5. The minimum Gasteiger partial charge on any atom is -0.392 e. The second-order valence-electron chi connectivity index (χ2n) is 3.38. The van der Waals surface area contributed by atoms with E-state index in [2.05, 4.69) is 10.0 Å². The van der Waals surface area contributed by atoms with E-state index in [1.165, 1.54) is 0 Å². The van der Waals surface area contributed by atoms with Crippen LogP contribution in [-0.2, 0) is 16.6 Å². The van der Waals surface area contributed by atoms with Crippen molar-refractivity contribution in [1.29, 1.82) is 0 Å². The molecule has 5 nitrogen and oxygen atoms in total. The van der Waals surface area contributed by atoms with E-state index in [1.807, 2.05) is 0 Å². The largest absolute Gasteiger partial charge is 0.392 e. The topological polar surface area (TPSA) is 78.4 Å². The molecule has 3 N–H and O–H groups in total. The summed E-state index contributed by atoms with van der Waals surface area (Å²) in [6.45, 7) is 0.358. The van der Waals surface area contributed by atoms with Crippen molar-refractivity contribution in [3.05, 3.63) is 29.8 Å². The third kappa shape index (κ3) is 4.18. The monoisotopic (exact) mass is 244 g/mol. The average molecular weight is 244 g/mol. The molecule has 1 aromatic rings. The van der Waals surface area contributed by atoms with E-state index in [0.29, 0.717) is 12.2 Å².